The second-order valence-corrected chi connectivity index (χ2v) is 12.0. The second kappa shape index (κ2) is 12.2. The van der Waals surface area contributed by atoms with E-state index in [1.165, 1.54) is 45.0 Å². The highest BCUT2D eigenvalue weighted by Gasteiger charge is 2.32. The van der Waals surface area contributed by atoms with Gasteiger partial charge in [0.1, 0.15) is 12.4 Å². The van der Waals surface area contributed by atoms with Gasteiger partial charge < -0.3 is 14.8 Å². The number of aliphatic hydroxyl groups is 1. The van der Waals surface area contributed by atoms with Crippen LogP contribution in [0.4, 0.5) is 0 Å². The van der Waals surface area contributed by atoms with Gasteiger partial charge in [-0.25, -0.2) is 0 Å². The third-order valence-corrected chi connectivity index (χ3v) is 9.48. The summed E-state index contributed by atoms with van der Waals surface area (Å²) >= 11 is 0. The van der Waals surface area contributed by atoms with Crippen molar-refractivity contribution >= 4 is 10.9 Å². The van der Waals surface area contributed by atoms with Crippen LogP contribution in [0.25, 0.3) is 10.9 Å². The number of fused-ring (bicyclic) bond motifs is 2. The van der Waals surface area contributed by atoms with E-state index in [-0.39, 0.29) is 11.6 Å². The lowest BCUT2D eigenvalue weighted by Crippen LogP contribution is -2.38. The maximum Gasteiger partial charge on any atom is 0.248 e. The number of nitrogens with zero attached hydrogens (tertiary/aromatic N) is 1. The monoisotopic (exact) mass is 572 g/mol. The van der Waals surface area contributed by atoms with Crippen molar-refractivity contribution in [1.29, 1.82) is 0 Å². The summed E-state index contributed by atoms with van der Waals surface area (Å²) in [6, 6.07) is 27.9. The SMILES string of the molecule is Cc1c(C)c(C)c2c(c1C)CC(N(Cc1ccccc1)C[C@@H](O)c1ccc(OCc3ccccc3)c3[nH]c(=O)ccc13)C2. The maximum atomic E-state index is 12.4. The first-order valence-corrected chi connectivity index (χ1v) is 15.2. The number of aromatic amines is 1. The largest absolute Gasteiger partial charge is 0.487 e. The number of hydrogen-bond acceptors (Lipinski definition) is 4. The summed E-state index contributed by atoms with van der Waals surface area (Å²) in [7, 11) is 0. The van der Waals surface area contributed by atoms with Gasteiger partial charge in [-0.1, -0.05) is 66.7 Å². The van der Waals surface area contributed by atoms with Crippen LogP contribution in [-0.4, -0.2) is 27.6 Å². The molecule has 1 aromatic heterocycles. The van der Waals surface area contributed by atoms with E-state index in [4.69, 9.17) is 4.74 Å². The Morgan fingerprint density at radius 2 is 1.40 bits per heavy atom. The first kappa shape index (κ1) is 28.9. The number of benzene rings is 4. The van der Waals surface area contributed by atoms with Crippen LogP contribution >= 0.6 is 0 Å². The molecule has 0 radical (unpaired) electrons. The topological polar surface area (TPSA) is 65.6 Å². The molecule has 0 aliphatic heterocycles. The van der Waals surface area contributed by atoms with Crippen LogP contribution in [0.3, 0.4) is 0 Å². The molecule has 0 bridgehead atoms. The number of ether oxygens (including phenoxy) is 1. The van der Waals surface area contributed by atoms with Crippen LogP contribution in [-0.2, 0) is 26.0 Å². The molecule has 1 atom stereocenters. The van der Waals surface area contributed by atoms with Gasteiger partial charge in [-0.15, -0.1) is 0 Å². The predicted molar refractivity (Wildman–Crippen MR) is 174 cm³/mol. The fourth-order valence-electron chi connectivity index (χ4n) is 6.70. The predicted octanol–water partition coefficient (Wildman–Crippen LogP) is 7.04. The Bertz CT molecular complexity index is 1770. The number of rotatable bonds is 9. The van der Waals surface area contributed by atoms with Crippen LogP contribution < -0.4 is 10.3 Å². The molecule has 220 valence electrons. The zero-order valence-electron chi connectivity index (χ0n) is 25.5. The summed E-state index contributed by atoms with van der Waals surface area (Å²) in [4.78, 5) is 17.8. The Kier molecular flexibility index (Phi) is 8.20. The summed E-state index contributed by atoms with van der Waals surface area (Å²) in [6.45, 7) is 10.6. The molecular formula is C38H40N2O3. The molecule has 5 aromatic rings. The van der Waals surface area contributed by atoms with E-state index in [1.807, 2.05) is 48.5 Å². The molecular weight excluding hydrogens is 532 g/mol. The normalized spacial score (nSPS) is 13.9. The molecule has 0 saturated heterocycles. The Labute approximate surface area is 253 Å². The van der Waals surface area contributed by atoms with Crippen LogP contribution in [0.2, 0.25) is 0 Å². The lowest BCUT2D eigenvalue weighted by Gasteiger charge is -2.31. The average Bonchev–Trinajstić information content (AvgIpc) is 3.48. The van der Waals surface area contributed by atoms with Gasteiger partial charge in [-0.05, 0) is 103 Å². The minimum absolute atomic E-state index is 0.200. The van der Waals surface area contributed by atoms with E-state index in [0.29, 0.717) is 24.4 Å². The first-order valence-electron chi connectivity index (χ1n) is 15.2. The van der Waals surface area contributed by atoms with Crippen molar-refractivity contribution in [1.82, 2.24) is 9.88 Å². The molecule has 1 aliphatic rings. The molecule has 43 heavy (non-hydrogen) atoms. The van der Waals surface area contributed by atoms with E-state index in [2.05, 4.69) is 61.8 Å². The van der Waals surface area contributed by atoms with E-state index in [1.54, 1.807) is 6.07 Å². The quantitative estimate of drug-likeness (QED) is 0.199. The van der Waals surface area contributed by atoms with Crippen LogP contribution in [0.15, 0.2) is 89.7 Å². The number of aromatic nitrogens is 1. The number of aliphatic hydroxyl groups excluding tert-OH is 1. The van der Waals surface area contributed by atoms with Gasteiger partial charge in [0.25, 0.3) is 0 Å². The van der Waals surface area contributed by atoms with E-state index in [0.717, 1.165) is 35.9 Å². The molecule has 0 amide bonds. The molecule has 0 saturated carbocycles. The maximum absolute atomic E-state index is 12.4. The third-order valence-electron chi connectivity index (χ3n) is 9.48. The van der Waals surface area contributed by atoms with Crippen molar-refractivity contribution in [2.24, 2.45) is 0 Å². The van der Waals surface area contributed by atoms with Crippen LogP contribution in [0.1, 0.15) is 56.2 Å². The lowest BCUT2D eigenvalue weighted by atomic mass is 9.90. The summed E-state index contributed by atoms with van der Waals surface area (Å²) in [5, 5.41) is 12.6. The molecule has 6 rings (SSSR count). The third kappa shape index (κ3) is 5.88. The minimum Gasteiger partial charge on any atom is -0.487 e. The number of nitrogens with one attached hydrogen (secondary N) is 1. The Morgan fingerprint density at radius 3 is 2.02 bits per heavy atom. The number of hydrogen-bond donors (Lipinski definition) is 2. The van der Waals surface area contributed by atoms with Crippen molar-refractivity contribution < 1.29 is 9.84 Å². The second-order valence-electron chi connectivity index (χ2n) is 12.0. The van der Waals surface area contributed by atoms with Gasteiger partial charge >= 0.3 is 0 Å². The zero-order valence-corrected chi connectivity index (χ0v) is 25.5. The summed E-state index contributed by atoms with van der Waals surface area (Å²) < 4.78 is 6.15. The van der Waals surface area contributed by atoms with Gasteiger partial charge in [0.05, 0.1) is 11.6 Å². The molecule has 2 N–H and O–H groups in total. The Morgan fingerprint density at radius 1 is 0.791 bits per heavy atom. The van der Waals surface area contributed by atoms with Gasteiger partial charge in [-0.2, -0.15) is 0 Å². The fraction of sp³-hybridized carbons (Fsp3) is 0.289. The number of H-pyrrole nitrogens is 1. The molecule has 0 fully saturated rings. The smallest absolute Gasteiger partial charge is 0.248 e. The van der Waals surface area contributed by atoms with Crippen molar-refractivity contribution in [3.8, 4) is 5.75 Å². The average molecular weight is 573 g/mol. The molecule has 5 heteroatoms. The standard InChI is InChI=1S/C38H40N2O3/c1-24-25(2)27(4)34-20-30(19-33(34)26(24)3)40(21-28-11-7-5-8-12-28)22-35(41)31-15-17-36(38-32(31)16-18-37(42)39-38)43-23-29-13-9-6-10-14-29/h5-18,30,35,41H,19-23H2,1-4H3,(H,39,42)/t35-/m1/s1. The summed E-state index contributed by atoms with van der Waals surface area (Å²) in [6.07, 6.45) is 1.20. The number of pyridine rings is 1. The van der Waals surface area contributed by atoms with Crippen molar-refractivity contribution in [3.05, 3.63) is 145 Å². The molecule has 1 heterocycles. The highest BCUT2D eigenvalue weighted by Crippen LogP contribution is 2.37. The molecule has 0 unspecified atom stereocenters. The summed E-state index contributed by atoms with van der Waals surface area (Å²) in [5.74, 6) is 0.594. The lowest BCUT2D eigenvalue weighted by molar-refractivity contribution is 0.0843. The van der Waals surface area contributed by atoms with Crippen molar-refractivity contribution in [2.45, 2.75) is 65.8 Å². The molecule has 0 spiro atoms. The van der Waals surface area contributed by atoms with Gasteiger partial charge in [0.15, 0.2) is 0 Å². The van der Waals surface area contributed by atoms with E-state index >= 15 is 0 Å². The zero-order chi connectivity index (χ0) is 30.1. The van der Waals surface area contributed by atoms with Gasteiger partial charge in [0.2, 0.25) is 5.56 Å². The highest BCUT2D eigenvalue weighted by molar-refractivity contribution is 5.87. The van der Waals surface area contributed by atoms with Crippen LogP contribution in [0, 0.1) is 27.7 Å². The molecule has 4 aromatic carbocycles. The van der Waals surface area contributed by atoms with E-state index < -0.39 is 6.10 Å². The van der Waals surface area contributed by atoms with Gasteiger partial charge in [0, 0.05) is 30.6 Å². The molecule has 1 aliphatic carbocycles. The van der Waals surface area contributed by atoms with Crippen LogP contribution in [0.5, 0.6) is 5.75 Å². The fourth-order valence-corrected chi connectivity index (χ4v) is 6.70. The first-order chi connectivity index (χ1) is 20.8. The van der Waals surface area contributed by atoms with Gasteiger partial charge in [-0.3, -0.25) is 9.69 Å². The Hall–Kier alpha value is -4.19. The summed E-state index contributed by atoms with van der Waals surface area (Å²) in [5.41, 5.74) is 12.0. The highest BCUT2D eigenvalue weighted by atomic mass is 16.5. The Balaban J connectivity index is 1.31. The van der Waals surface area contributed by atoms with Crippen molar-refractivity contribution in [2.75, 3.05) is 6.54 Å². The molecule has 5 nitrogen and oxygen atoms in total. The minimum atomic E-state index is -0.755. The van der Waals surface area contributed by atoms with E-state index in [9.17, 15) is 9.90 Å². The van der Waals surface area contributed by atoms with Crippen molar-refractivity contribution in [3.63, 3.8) is 0 Å².